The monoisotopic (exact) mass is 256 g/mol. The Morgan fingerprint density at radius 1 is 1.37 bits per heavy atom. The average Bonchev–Trinajstić information content (AvgIpc) is 3.15. The predicted molar refractivity (Wildman–Crippen MR) is 70.8 cm³/mol. The number of amides is 1. The zero-order valence-electron chi connectivity index (χ0n) is 10.8. The Balaban J connectivity index is 1.59. The summed E-state index contributed by atoms with van der Waals surface area (Å²) in [6.45, 7) is 2.54. The Morgan fingerprint density at radius 2 is 2.11 bits per heavy atom. The Kier molecular flexibility index (Phi) is 3.07. The SMILES string of the molecule is Cc1ccc(CNC(=O)c2cc(C3CC3)on2)cc1. The summed E-state index contributed by atoms with van der Waals surface area (Å²) in [6.07, 6.45) is 2.28. The Labute approximate surface area is 111 Å². The maximum Gasteiger partial charge on any atom is 0.273 e. The van der Waals surface area contributed by atoms with Crippen molar-refractivity contribution >= 4 is 5.91 Å². The molecule has 0 saturated heterocycles. The van der Waals surface area contributed by atoms with Gasteiger partial charge in [-0.25, -0.2) is 0 Å². The molecule has 1 aromatic heterocycles. The lowest BCUT2D eigenvalue weighted by Crippen LogP contribution is -2.23. The van der Waals surface area contributed by atoms with Gasteiger partial charge in [-0.05, 0) is 25.3 Å². The first-order valence-electron chi connectivity index (χ1n) is 6.53. The van der Waals surface area contributed by atoms with Crippen LogP contribution in [0.1, 0.15) is 46.1 Å². The van der Waals surface area contributed by atoms with Crippen LogP contribution in [0.3, 0.4) is 0 Å². The minimum atomic E-state index is -0.184. The molecule has 1 fully saturated rings. The number of hydrogen-bond acceptors (Lipinski definition) is 3. The molecule has 1 amide bonds. The number of aryl methyl sites for hydroxylation is 1. The van der Waals surface area contributed by atoms with Gasteiger partial charge < -0.3 is 9.84 Å². The lowest BCUT2D eigenvalue weighted by molar-refractivity contribution is 0.0941. The molecule has 0 radical (unpaired) electrons. The van der Waals surface area contributed by atoms with Crippen LogP contribution in [0.15, 0.2) is 34.9 Å². The summed E-state index contributed by atoms with van der Waals surface area (Å²) in [5.41, 5.74) is 2.65. The zero-order chi connectivity index (χ0) is 13.2. The normalized spacial score (nSPS) is 14.4. The molecule has 0 spiro atoms. The van der Waals surface area contributed by atoms with Gasteiger partial charge in [0.1, 0.15) is 5.76 Å². The molecule has 0 atom stereocenters. The standard InChI is InChI=1S/C15H16N2O2/c1-10-2-4-11(5-3-10)9-16-15(18)13-8-14(19-17-13)12-6-7-12/h2-5,8,12H,6-7,9H2,1H3,(H,16,18). The highest BCUT2D eigenvalue weighted by molar-refractivity contribution is 5.92. The average molecular weight is 256 g/mol. The van der Waals surface area contributed by atoms with Gasteiger partial charge in [0.15, 0.2) is 5.69 Å². The van der Waals surface area contributed by atoms with Crippen LogP contribution in [0.4, 0.5) is 0 Å². The van der Waals surface area contributed by atoms with Crippen LogP contribution in [-0.2, 0) is 6.54 Å². The second-order valence-corrected chi connectivity index (χ2v) is 5.06. The largest absolute Gasteiger partial charge is 0.360 e. The van der Waals surface area contributed by atoms with Crippen molar-refractivity contribution in [2.24, 2.45) is 0 Å². The summed E-state index contributed by atoms with van der Waals surface area (Å²) in [5.74, 6) is 1.13. The van der Waals surface area contributed by atoms with Gasteiger partial charge in [-0.15, -0.1) is 0 Å². The van der Waals surface area contributed by atoms with E-state index in [4.69, 9.17) is 4.52 Å². The van der Waals surface area contributed by atoms with Crippen LogP contribution >= 0.6 is 0 Å². The Morgan fingerprint density at radius 3 is 2.79 bits per heavy atom. The van der Waals surface area contributed by atoms with Crippen molar-refractivity contribution in [1.29, 1.82) is 0 Å². The summed E-state index contributed by atoms with van der Waals surface area (Å²) < 4.78 is 5.17. The van der Waals surface area contributed by atoms with E-state index in [2.05, 4.69) is 10.5 Å². The van der Waals surface area contributed by atoms with E-state index in [-0.39, 0.29) is 5.91 Å². The van der Waals surface area contributed by atoms with E-state index >= 15 is 0 Å². The number of nitrogens with zero attached hydrogens (tertiary/aromatic N) is 1. The van der Waals surface area contributed by atoms with Crippen LogP contribution < -0.4 is 5.32 Å². The third-order valence-electron chi connectivity index (χ3n) is 3.31. The van der Waals surface area contributed by atoms with E-state index in [9.17, 15) is 4.79 Å². The molecule has 0 unspecified atom stereocenters. The number of hydrogen-bond donors (Lipinski definition) is 1. The fourth-order valence-corrected chi connectivity index (χ4v) is 1.94. The fraction of sp³-hybridized carbons (Fsp3) is 0.333. The second kappa shape index (κ2) is 4.88. The molecule has 1 aromatic carbocycles. The van der Waals surface area contributed by atoms with Crippen molar-refractivity contribution in [2.45, 2.75) is 32.2 Å². The first kappa shape index (κ1) is 12.0. The highest BCUT2D eigenvalue weighted by Crippen LogP contribution is 2.40. The molecule has 1 aliphatic rings. The van der Waals surface area contributed by atoms with Gasteiger partial charge in [0.2, 0.25) is 0 Å². The quantitative estimate of drug-likeness (QED) is 0.915. The molecule has 4 nitrogen and oxygen atoms in total. The molecule has 1 saturated carbocycles. The molecule has 19 heavy (non-hydrogen) atoms. The van der Waals surface area contributed by atoms with Gasteiger partial charge in [0.25, 0.3) is 5.91 Å². The number of rotatable bonds is 4. The number of carbonyl (C=O) groups is 1. The molecule has 0 bridgehead atoms. The van der Waals surface area contributed by atoms with Gasteiger partial charge >= 0.3 is 0 Å². The predicted octanol–water partition coefficient (Wildman–Crippen LogP) is 2.79. The summed E-state index contributed by atoms with van der Waals surface area (Å²) >= 11 is 0. The van der Waals surface area contributed by atoms with Gasteiger partial charge in [-0.3, -0.25) is 4.79 Å². The fourth-order valence-electron chi connectivity index (χ4n) is 1.94. The third kappa shape index (κ3) is 2.84. The van der Waals surface area contributed by atoms with E-state index in [1.54, 1.807) is 6.07 Å². The molecule has 3 rings (SSSR count). The smallest absolute Gasteiger partial charge is 0.273 e. The minimum absolute atomic E-state index is 0.184. The molecule has 2 aromatic rings. The van der Waals surface area contributed by atoms with Gasteiger partial charge in [0.05, 0.1) is 0 Å². The van der Waals surface area contributed by atoms with Gasteiger partial charge in [0, 0.05) is 18.5 Å². The summed E-state index contributed by atoms with van der Waals surface area (Å²) in [6, 6.07) is 9.83. The summed E-state index contributed by atoms with van der Waals surface area (Å²) in [4.78, 5) is 11.9. The minimum Gasteiger partial charge on any atom is -0.360 e. The van der Waals surface area contributed by atoms with E-state index in [1.165, 1.54) is 5.56 Å². The van der Waals surface area contributed by atoms with Gasteiger partial charge in [-0.1, -0.05) is 35.0 Å². The third-order valence-corrected chi connectivity index (χ3v) is 3.31. The van der Waals surface area contributed by atoms with Crippen LogP contribution in [0.2, 0.25) is 0 Å². The molecule has 0 aliphatic heterocycles. The molecule has 4 heteroatoms. The van der Waals surface area contributed by atoms with Crippen molar-refractivity contribution in [3.8, 4) is 0 Å². The molecular weight excluding hydrogens is 240 g/mol. The highest BCUT2D eigenvalue weighted by Gasteiger charge is 2.28. The Bertz CT molecular complexity index is 582. The summed E-state index contributed by atoms with van der Waals surface area (Å²) in [5, 5.41) is 6.66. The number of nitrogens with one attached hydrogen (secondary N) is 1. The van der Waals surface area contributed by atoms with E-state index in [1.807, 2.05) is 31.2 Å². The number of aromatic nitrogens is 1. The topological polar surface area (TPSA) is 55.1 Å². The van der Waals surface area contributed by atoms with E-state index in [0.717, 1.165) is 24.2 Å². The highest BCUT2D eigenvalue weighted by atomic mass is 16.5. The van der Waals surface area contributed by atoms with Crippen molar-refractivity contribution in [1.82, 2.24) is 10.5 Å². The molecule has 1 N–H and O–H groups in total. The van der Waals surface area contributed by atoms with Crippen LogP contribution in [0.25, 0.3) is 0 Å². The van der Waals surface area contributed by atoms with Gasteiger partial charge in [-0.2, -0.15) is 0 Å². The lowest BCUT2D eigenvalue weighted by atomic mass is 10.1. The lowest BCUT2D eigenvalue weighted by Gasteiger charge is -2.03. The maximum absolute atomic E-state index is 11.9. The molecule has 1 heterocycles. The number of carbonyl (C=O) groups excluding carboxylic acids is 1. The Hall–Kier alpha value is -2.10. The second-order valence-electron chi connectivity index (χ2n) is 5.06. The van der Waals surface area contributed by atoms with Crippen LogP contribution in [0.5, 0.6) is 0 Å². The summed E-state index contributed by atoms with van der Waals surface area (Å²) in [7, 11) is 0. The van der Waals surface area contributed by atoms with E-state index < -0.39 is 0 Å². The zero-order valence-corrected chi connectivity index (χ0v) is 10.8. The molecular formula is C15H16N2O2. The van der Waals surface area contributed by atoms with Crippen molar-refractivity contribution in [3.05, 3.63) is 52.9 Å². The molecule has 98 valence electrons. The molecule has 1 aliphatic carbocycles. The van der Waals surface area contributed by atoms with Crippen molar-refractivity contribution in [3.63, 3.8) is 0 Å². The first-order valence-corrected chi connectivity index (χ1v) is 6.53. The van der Waals surface area contributed by atoms with E-state index in [0.29, 0.717) is 18.2 Å². The first-order chi connectivity index (χ1) is 9.22. The van der Waals surface area contributed by atoms with Crippen molar-refractivity contribution in [2.75, 3.05) is 0 Å². The number of benzene rings is 1. The van der Waals surface area contributed by atoms with Crippen LogP contribution in [0, 0.1) is 6.92 Å². The van der Waals surface area contributed by atoms with Crippen molar-refractivity contribution < 1.29 is 9.32 Å². The van der Waals surface area contributed by atoms with Crippen LogP contribution in [-0.4, -0.2) is 11.1 Å². The maximum atomic E-state index is 11.9.